The van der Waals surface area contributed by atoms with Gasteiger partial charge in [0.05, 0.1) is 15.7 Å². The molecule has 118 valence electrons. The fourth-order valence-electron chi connectivity index (χ4n) is 1.82. The van der Waals surface area contributed by atoms with E-state index in [1.807, 2.05) is 13.8 Å². The Hall–Kier alpha value is -1.47. The molecule has 0 bridgehead atoms. The van der Waals surface area contributed by atoms with Gasteiger partial charge in [-0.05, 0) is 38.0 Å². The number of anilines is 1. The zero-order valence-electron chi connectivity index (χ0n) is 12.4. The van der Waals surface area contributed by atoms with Crippen LogP contribution in [0.1, 0.15) is 26.7 Å². The molecule has 21 heavy (non-hydrogen) atoms. The number of hydrogen-bond acceptors (Lipinski definition) is 3. The predicted octanol–water partition coefficient (Wildman–Crippen LogP) is 2.24. The number of amides is 2. The minimum Gasteiger partial charge on any atom is -0.396 e. The van der Waals surface area contributed by atoms with Crippen molar-refractivity contribution in [2.45, 2.75) is 37.1 Å². The van der Waals surface area contributed by atoms with Crippen molar-refractivity contribution in [2.24, 2.45) is 0 Å². The molecule has 2 unspecified atom stereocenters. The number of aliphatic hydroxyl groups excluding tert-OH is 1. The number of urea groups is 1. The molecule has 0 radical (unpaired) electrons. The van der Waals surface area contributed by atoms with Gasteiger partial charge in [-0.25, -0.2) is 9.18 Å². The first-order valence-electron chi connectivity index (χ1n) is 6.64. The molecule has 1 rings (SSSR count). The molecule has 2 atom stereocenters. The first-order valence-corrected chi connectivity index (χ1v) is 8.20. The zero-order chi connectivity index (χ0) is 16.0. The standard InChI is InChI=1S/C14H21FN2O3S/c1-4-14(2,7-8-18)17-13(19)16-10-5-6-12(21(3)20)11(15)9-10/h5-6,9,18H,4,7-8H2,1-3H3,(H2,16,17,19). The van der Waals surface area contributed by atoms with Gasteiger partial charge in [-0.1, -0.05) is 6.92 Å². The predicted molar refractivity (Wildman–Crippen MR) is 81.3 cm³/mol. The quantitative estimate of drug-likeness (QED) is 0.753. The fourth-order valence-corrected chi connectivity index (χ4v) is 2.42. The first-order chi connectivity index (χ1) is 9.81. The highest BCUT2D eigenvalue weighted by Crippen LogP contribution is 2.18. The van der Waals surface area contributed by atoms with E-state index < -0.39 is 28.2 Å². The van der Waals surface area contributed by atoms with Crippen molar-refractivity contribution in [3.05, 3.63) is 24.0 Å². The van der Waals surface area contributed by atoms with Gasteiger partial charge in [-0.2, -0.15) is 0 Å². The van der Waals surface area contributed by atoms with Crippen LogP contribution in [0, 0.1) is 5.82 Å². The molecular weight excluding hydrogens is 295 g/mol. The number of carbonyl (C=O) groups is 1. The number of nitrogens with one attached hydrogen (secondary N) is 2. The maximum Gasteiger partial charge on any atom is 0.319 e. The van der Waals surface area contributed by atoms with Gasteiger partial charge in [-0.15, -0.1) is 0 Å². The molecule has 0 saturated carbocycles. The second-order valence-corrected chi connectivity index (χ2v) is 6.41. The van der Waals surface area contributed by atoms with E-state index in [4.69, 9.17) is 5.11 Å². The van der Waals surface area contributed by atoms with Crippen molar-refractivity contribution < 1.29 is 18.5 Å². The van der Waals surface area contributed by atoms with Crippen molar-refractivity contribution >= 4 is 22.5 Å². The van der Waals surface area contributed by atoms with Crippen LogP contribution in [0.2, 0.25) is 0 Å². The van der Waals surface area contributed by atoms with Crippen molar-refractivity contribution in [2.75, 3.05) is 18.2 Å². The van der Waals surface area contributed by atoms with Crippen LogP contribution in [0.25, 0.3) is 0 Å². The Balaban J connectivity index is 2.75. The summed E-state index contributed by atoms with van der Waals surface area (Å²) in [6.07, 6.45) is 2.47. The molecule has 1 aromatic carbocycles. The van der Waals surface area contributed by atoms with E-state index in [1.54, 1.807) is 0 Å². The van der Waals surface area contributed by atoms with E-state index in [0.717, 1.165) is 6.07 Å². The van der Waals surface area contributed by atoms with Gasteiger partial charge in [0.25, 0.3) is 0 Å². The highest BCUT2D eigenvalue weighted by molar-refractivity contribution is 7.84. The molecule has 0 aliphatic carbocycles. The Morgan fingerprint density at radius 2 is 2.14 bits per heavy atom. The summed E-state index contributed by atoms with van der Waals surface area (Å²) in [7, 11) is -1.41. The monoisotopic (exact) mass is 316 g/mol. The second-order valence-electron chi connectivity index (χ2n) is 5.07. The zero-order valence-corrected chi connectivity index (χ0v) is 13.2. The van der Waals surface area contributed by atoms with Crippen LogP contribution in [-0.2, 0) is 10.8 Å². The minimum absolute atomic E-state index is 0.0315. The van der Waals surface area contributed by atoms with Gasteiger partial charge in [0.1, 0.15) is 5.82 Å². The van der Waals surface area contributed by atoms with Crippen molar-refractivity contribution in [3.8, 4) is 0 Å². The van der Waals surface area contributed by atoms with Crippen LogP contribution >= 0.6 is 0 Å². The third-order valence-electron chi connectivity index (χ3n) is 3.36. The van der Waals surface area contributed by atoms with Crippen molar-refractivity contribution in [1.82, 2.24) is 5.32 Å². The molecule has 0 aliphatic heterocycles. The Morgan fingerprint density at radius 3 is 2.62 bits per heavy atom. The lowest BCUT2D eigenvalue weighted by atomic mass is 9.95. The van der Waals surface area contributed by atoms with Crippen LogP contribution in [0.5, 0.6) is 0 Å². The second kappa shape index (κ2) is 7.51. The Morgan fingerprint density at radius 1 is 1.48 bits per heavy atom. The number of carbonyl (C=O) groups excluding carboxylic acids is 1. The molecule has 3 N–H and O–H groups in total. The normalized spacial score (nSPS) is 15.1. The summed E-state index contributed by atoms with van der Waals surface area (Å²) in [6, 6.07) is 3.53. The fraction of sp³-hybridized carbons (Fsp3) is 0.500. The third kappa shape index (κ3) is 5.09. The molecule has 2 amide bonds. The highest BCUT2D eigenvalue weighted by Gasteiger charge is 2.23. The minimum atomic E-state index is -1.41. The van der Waals surface area contributed by atoms with Crippen molar-refractivity contribution in [3.63, 3.8) is 0 Å². The van der Waals surface area contributed by atoms with Crippen LogP contribution in [0.3, 0.4) is 0 Å². The summed E-state index contributed by atoms with van der Waals surface area (Å²) in [6.45, 7) is 3.70. The number of hydrogen-bond donors (Lipinski definition) is 3. The van der Waals surface area contributed by atoms with Crippen LogP contribution < -0.4 is 10.6 Å². The summed E-state index contributed by atoms with van der Waals surface area (Å²) in [4.78, 5) is 12.0. The van der Waals surface area contributed by atoms with Gasteiger partial charge in [0.2, 0.25) is 0 Å². The summed E-state index contributed by atoms with van der Waals surface area (Å²) in [5, 5.41) is 14.3. The Labute approximate surface area is 126 Å². The lowest BCUT2D eigenvalue weighted by Gasteiger charge is -2.29. The molecule has 0 aliphatic rings. The van der Waals surface area contributed by atoms with Crippen LogP contribution in [-0.4, -0.2) is 33.7 Å². The Bertz CT molecular complexity index is 539. The van der Waals surface area contributed by atoms with E-state index in [9.17, 15) is 13.4 Å². The third-order valence-corrected chi connectivity index (χ3v) is 4.31. The van der Waals surface area contributed by atoms with E-state index in [0.29, 0.717) is 12.8 Å². The van der Waals surface area contributed by atoms with Crippen LogP contribution in [0.15, 0.2) is 23.1 Å². The summed E-state index contributed by atoms with van der Waals surface area (Å²) < 4.78 is 24.9. The smallest absolute Gasteiger partial charge is 0.319 e. The number of halogens is 1. The molecule has 0 spiro atoms. The maximum atomic E-state index is 13.7. The van der Waals surface area contributed by atoms with E-state index in [-0.39, 0.29) is 17.2 Å². The highest BCUT2D eigenvalue weighted by atomic mass is 32.2. The molecule has 0 saturated heterocycles. The van der Waals surface area contributed by atoms with Crippen LogP contribution in [0.4, 0.5) is 14.9 Å². The van der Waals surface area contributed by atoms with Gasteiger partial charge in [0, 0.05) is 24.1 Å². The average molecular weight is 316 g/mol. The van der Waals surface area contributed by atoms with E-state index >= 15 is 0 Å². The van der Waals surface area contributed by atoms with E-state index in [1.165, 1.54) is 18.4 Å². The lowest BCUT2D eigenvalue weighted by Crippen LogP contribution is -2.48. The molecule has 1 aromatic rings. The molecule has 5 nitrogen and oxygen atoms in total. The molecule has 0 fully saturated rings. The van der Waals surface area contributed by atoms with Gasteiger partial charge in [-0.3, -0.25) is 4.21 Å². The first kappa shape index (κ1) is 17.6. The average Bonchev–Trinajstić information content (AvgIpc) is 2.38. The number of rotatable bonds is 6. The SMILES string of the molecule is CCC(C)(CCO)NC(=O)Nc1ccc(S(C)=O)c(F)c1. The van der Waals surface area contributed by atoms with Gasteiger partial charge >= 0.3 is 6.03 Å². The van der Waals surface area contributed by atoms with Gasteiger partial charge in [0.15, 0.2) is 0 Å². The topological polar surface area (TPSA) is 78.4 Å². The summed E-state index contributed by atoms with van der Waals surface area (Å²) in [5.74, 6) is -0.623. The Kier molecular flexibility index (Phi) is 6.29. The summed E-state index contributed by atoms with van der Waals surface area (Å²) >= 11 is 0. The largest absolute Gasteiger partial charge is 0.396 e. The number of aliphatic hydroxyl groups is 1. The molecule has 0 aromatic heterocycles. The molecule has 0 heterocycles. The lowest BCUT2D eigenvalue weighted by molar-refractivity contribution is 0.208. The summed E-state index contributed by atoms with van der Waals surface area (Å²) in [5.41, 5.74) is -0.246. The molecule has 7 heteroatoms. The van der Waals surface area contributed by atoms with Crippen molar-refractivity contribution in [1.29, 1.82) is 0 Å². The number of benzene rings is 1. The maximum absolute atomic E-state index is 13.7. The molecular formula is C14H21FN2O3S. The van der Waals surface area contributed by atoms with Gasteiger partial charge < -0.3 is 15.7 Å². The van der Waals surface area contributed by atoms with E-state index in [2.05, 4.69) is 10.6 Å².